The third-order valence-electron chi connectivity index (χ3n) is 3.93. The standard InChI is InChI=1S/C22H31NO10/c1-5-8-19(24)30-13-14(4)31-20(25)16(23)11-15-9-10-17(32-21(26)28-6-2)18(12-15)33-22(27)29-7-3/h9-10,12,14,16H,5-8,11,13,23H2,1-4H3/t14-,16-/m0/s1. The van der Waals surface area contributed by atoms with Gasteiger partial charge in [-0.15, -0.1) is 0 Å². The molecule has 0 bridgehead atoms. The van der Waals surface area contributed by atoms with Gasteiger partial charge in [0.1, 0.15) is 18.8 Å². The molecule has 0 saturated carbocycles. The van der Waals surface area contributed by atoms with E-state index in [4.69, 9.17) is 34.2 Å². The van der Waals surface area contributed by atoms with Gasteiger partial charge in [-0.3, -0.25) is 9.59 Å². The number of hydrogen-bond acceptors (Lipinski definition) is 11. The van der Waals surface area contributed by atoms with Crippen LogP contribution in [0.5, 0.6) is 11.5 Å². The molecule has 33 heavy (non-hydrogen) atoms. The van der Waals surface area contributed by atoms with E-state index in [1.165, 1.54) is 18.2 Å². The van der Waals surface area contributed by atoms with Gasteiger partial charge in [-0.25, -0.2) is 9.59 Å². The Bertz CT molecular complexity index is 810. The molecule has 0 radical (unpaired) electrons. The molecule has 1 aromatic carbocycles. The van der Waals surface area contributed by atoms with E-state index in [-0.39, 0.29) is 50.1 Å². The molecule has 0 aliphatic carbocycles. The van der Waals surface area contributed by atoms with Crippen LogP contribution in [-0.4, -0.2) is 56.2 Å². The summed E-state index contributed by atoms with van der Waals surface area (Å²) in [5.74, 6) is -1.27. The number of rotatable bonds is 12. The highest BCUT2D eigenvalue weighted by molar-refractivity contribution is 5.76. The molecule has 0 aliphatic heterocycles. The van der Waals surface area contributed by atoms with E-state index in [0.29, 0.717) is 12.0 Å². The van der Waals surface area contributed by atoms with Crippen molar-refractivity contribution in [3.8, 4) is 11.5 Å². The van der Waals surface area contributed by atoms with Crippen molar-refractivity contribution in [2.75, 3.05) is 19.8 Å². The van der Waals surface area contributed by atoms with E-state index in [1.807, 2.05) is 6.92 Å². The normalized spacial score (nSPS) is 12.2. The third kappa shape index (κ3) is 10.7. The van der Waals surface area contributed by atoms with Crippen molar-refractivity contribution in [2.45, 2.75) is 59.1 Å². The first-order chi connectivity index (χ1) is 15.7. The zero-order valence-corrected chi connectivity index (χ0v) is 19.3. The van der Waals surface area contributed by atoms with Gasteiger partial charge in [0.25, 0.3) is 0 Å². The molecule has 0 amide bonds. The van der Waals surface area contributed by atoms with Crippen LogP contribution in [0.1, 0.15) is 46.1 Å². The van der Waals surface area contributed by atoms with Crippen LogP contribution in [0, 0.1) is 0 Å². The predicted octanol–water partition coefficient (Wildman–Crippen LogP) is 2.90. The highest BCUT2D eigenvalue weighted by Gasteiger charge is 2.22. The van der Waals surface area contributed by atoms with Gasteiger partial charge in [-0.2, -0.15) is 0 Å². The van der Waals surface area contributed by atoms with Crippen LogP contribution < -0.4 is 15.2 Å². The summed E-state index contributed by atoms with van der Waals surface area (Å²) in [6, 6.07) is 3.24. The first kappa shape index (κ1) is 27.7. The van der Waals surface area contributed by atoms with E-state index >= 15 is 0 Å². The van der Waals surface area contributed by atoms with Crippen molar-refractivity contribution in [2.24, 2.45) is 5.73 Å². The Labute approximate surface area is 192 Å². The molecule has 1 aromatic rings. The molecule has 0 spiro atoms. The number of carbonyl (C=O) groups is 4. The van der Waals surface area contributed by atoms with E-state index < -0.39 is 30.4 Å². The lowest BCUT2D eigenvalue weighted by atomic mass is 10.1. The zero-order valence-electron chi connectivity index (χ0n) is 19.3. The van der Waals surface area contributed by atoms with Crippen LogP contribution in [0.25, 0.3) is 0 Å². The minimum absolute atomic E-state index is 0.0278. The molecule has 11 heteroatoms. The highest BCUT2D eigenvalue weighted by atomic mass is 16.7. The number of benzene rings is 1. The van der Waals surface area contributed by atoms with Gasteiger partial charge in [0, 0.05) is 6.42 Å². The van der Waals surface area contributed by atoms with Crippen LogP contribution in [0.3, 0.4) is 0 Å². The fourth-order valence-electron chi connectivity index (χ4n) is 2.46. The summed E-state index contributed by atoms with van der Waals surface area (Å²) < 4.78 is 29.8. The van der Waals surface area contributed by atoms with Gasteiger partial charge in [-0.05, 0) is 51.3 Å². The predicted molar refractivity (Wildman–Crippen MR) is 115 cm³/mol. The lowest BCUT2D eigenvalue weighted by Crippen LogP contribution is -2.37. The Morgan fingerprint density at radius 1 is 0.909 bits per heavy atom. The molecule has 0 aromatic heterocycles. The fourth-order valence-corrected chi connectivity index (χ4v) is 2.46. The van der Waals surface area contributed by atoms with Gasteiger partial charge in [0.05, 0.1) is 13.2 Å². The second kappa shape index (κ2) is 14.7. The lowest BCUT2D eigenvalue weighted by Gasteiger charge is -2.17. The van der Waals surface area contributed by atoms with E-state index in [1.54, 1.807) is 20.8 Å². The second-order valence-corrected chi connectivity index (χ2v) is 6.84. The van der Waals surface area contributed by atoms with Gasteiger partial charge >= 0.3 is 24.2 Å². The van der Waals surface area contributed by atoms with Crippen molar-refractivity contribution in [3.05, 3.63) is 23.8 Å². The first-order valence-corrected chi connectivity index (χ1v) is 10.6. The number of ether oxygens (including phenoxy) is 6. The summed E-state index contributed by atoms with van der Waals surface area (Å²) in [6.07, 6.45) is -1.69. The summed E-state index contributed by atoms with van der Waals surface area (Å²) in [5, 5.41) is 0. The number of carbonyl (C=O) groups excluding carboxylic acids is 4. The van der Waals surface area contributed by atoms with Crippen LogP contribution in [-0.2, 0) is 35.0 Å². The molecule has 0 saturated heterocycles. The maximum Gasteiger partial charge on any atom is 0.513 e. The molecule has 2 atom stereocenters. The quantitative estimate of drug-likeness (QED) is 0.273. The summed E-state index contributed by atoms with van der Waals surface area (Å²) >= 11 is 0. The van der Waals surface area contributed by atoms with Crippen LogP contribution in [0.2, 0.25) is 0 Å². The Hall–Kier alpha value is -3.34. The Balaban J connectivity index is 2.81. The van der Waals surface area contributed by atoms with E-state index in [2.05, 4.69) is 0 Å². The van der Waals surface area contributed by atoms with Crippen LogP contribution in [0.15, 0.2) is 18.2 Å². The molecule has 11 nitrogen and oxygen atoms in total. The summed E-state index contributed by atoms with van der Waals surface area (Å²) in [7, 11) is 0. The van der Waals surface area contributed by atoms with Crippen LogP contribution >= 0.6 is 0 Å². The van der Waals surface area contributed by atoms with Crippen molar-refractivity contribution in [1.82, 2.24) is 0 Å². The largest absolute Gasteiger partial charge is 0.513 e. The maximum atomic E-state index is 12.3. The van der Waals surface area contributed by atoms with Gasteiger partial charge < -0.3 is 34.2 Å². The topological polar surface area (TPSA) is 150 Å². The Morgan fingerprint density at radius 3 is 2.09 bits per heavy atom. The summed E-state index contributed by atoms with van der Waals surface area (Å²) in [4.78, 5) is 47.1. The average molecular weight is 469 g/mol. The SMILES string of the molecule is CCCC(=O)OC[C@H](C)OC(=O)[C@@H](N)Cc1ccc(OC(=O)OCC)c(OC(=O)OCC)c1. The molecule has 0 unspecified atom stereocenters. The number of esters is 2. The molecule has 2 N–H and O–H groups in total. The van der Waals surface area contributed by atoms with Crippen molar-refractivity contribution >= 4 is 24.2 Å². The lowest BCUT2D eigenvalue weighted by molar-refractivity contribution is -0.159. The summed E-state index contributed by atoms with van der Waals surface area (Å²) in [6.45, 7) is 6.74. The van der Waals surface area contributed by atoms with Crippen molar-refractivity contribution in [1.29, 1.82) is 0 Å². The van der Waals surface area contributed by atoms with Crippen LogP contribution in [0.4, 0.5) is 9.59 Å². The molecular formula is C22H31NO10. The van der Waals surface area contributed by atoms with Gasteiger partial charge in [0.2, 0.25) is 0 Å². The van der Waals surface area contributed by atoms with Crippen molar-refractivity contribution in [3.63, 3.8) is 0 Å². The minimum Gasteiger partial charge on any atom is -0.462 e. The Morgan fingerprint density at radius 2 is 1.52 bits per heavy atom. The number of nitrogens with two attached hydrogens (primary N) is 1. The molecule has 0 heterocycles. The van der Waals surface area contributed by atoms with E-state index in [0.717, 1.165) is 0 Å². The molecule has 1 rings (SSSR count). The Kier molecular flexibility index (Phi) is 12.3. The maximum absolute atomic E-state index is 12.3. The number of hydrogen-bond donors (Lipinski definition) is 1. The van der Waals surface area contributed by atoms with E-state index in [9.17, 15) is 19.2 Å². The van der Waals surface area contributed by atoms with Crippen molar-refractivity contribution < 1.29 is 47.6 Å². The molecule has 184 valence electrons. The smallest absolute Gasteiger partial charge is 0.462 e. The molecule has 0 fully saturated rings. The fraction of sp³-hybridized carbons (Fsp3) is 0.545. The minimum atomic E-state index is -1.05. The zero-order chi connectivity index (χ0) is 24.8. The van der Waals surface area contributed by atoms with Gasteiger partial charge in [-0.1, -0.05) is 13.0 Å². The molecule has 0 aliphatic rings. The first-order valence-electron chi connectivity index (χ1n) is 10.6. The second-order valence-electron chi connectivity index (χ2n) is 6.84. The highest BCUT2D eigenvalue weighted by Crippen LogP contribution is 2.30. The third-order valence-corrected chi connectivity index (χ3v) is 3.93. The summed E-state index contributed by atoms with van der Waals surface area (Å²) in [5.41, 5.74) is 6.44. The molecular weight excluding hydrogens is 438 g/mol. The average Bonchev–Trinajstić information content (AvgIpc) is 2.74. The monoisotopic (exact) mass is 469 g/mol. The van der Waals surface area contributed by atoms with Gasteiger partial charge in [0.15, 0.2) is 11.5 Å².